The van der Waals surface area contributed by atoms with Gasteiger partial charge in [0.25, 0.3) is 0 Å². The average Bonchev–Trinajstić information content (AvgIpc) is 2.64. The summed E-state index contributed by atoms with van der Waals surface area (Å²) >= 11 is 0. The molecule has 1 fully saturated rings. The first-order valence-electron chi connectivity index (χ1n) is 8.46. The van der Waals surface area contributed by atoms with Gasteiger partial charge in [0.05, 0.1) is 5.36 Å². The molecule has 4 rings (SSSR count). The third-order valence-electron chi connectivity index (χ3n) is 4.49. The van der Waals surface area contributed by atoms with Crippen molar-refractivity contribution in [2.45, 2.75) is 0 Å². The normalized spacial score (nSPS) is 16.6. The molecule has 1 saturated heterocycles. The van der Waals surface area contributed by atoms with Crippen molar-refractivity contribution >= 4 is 11.0 Å². The van der Waals surface area contributed by atoms with Crippen LogP contribution in [0.1, 0.15) is 0 Å². The topological polar surface area (TPSA) is 32.0 Å². The van der Waals surface area contributed by atoms with E-state index in [1.165, 1.54) is 12.1 Å². The van der Waals surface area contributed by atoms with Gasteiger partial charge in [-0.1, -0.05) is 30.3 Å². The lowest BCUT2D eigenvalue weighted by molar-refractivity contribution is 0.154. The van der Waals surface area contributed by atoms with Crippen molar-refractivity contribution in [3.63, 3.8) is 0 Å². The largest absolute Gasteiger partial charge is 0.456 e. The Labute approximate surface area is 145 Å². The second kappa shape index (κ2) is 6.69. The summed E-state index contributed by atoms with van der Waals surface area (Å²) in [6.07, 6.45) is 0. The molecule has 0 amide bonds. The van der Waals surface area contributed by atoms with Crippen LogP contribution in [-0.4, -0.2) is 43.1 Å². The molecule has 1 aliphatic rings. The van der Waals surface area contributed by atoms with Gasteiger partial charge in [0.1, 0.15) is 17.2 Å². The van der Waals surface area contributed by atoms with E-state index in [1.807, 2.05) is 36.4 Å². The third-order valence-corrected chi connectivity index (χ3v) is 4.49. The van der Waals surface area contributed by atoms with Crippen LogP contribution >= 0.6 is 0 Å². The molecule has 2 heterocycles. The zero-order valence-electron chi connectivity index (χ0n) is 14.2. The molecular weight excluding hydrogens is 317 g/mol. The van der Waals surface area contributed by atoms with Crippen LogP contribution in [0.4, 0.5) is 4.39 Å². The van der Waals surface area contributed by atoms with E-state index < -0.39 is 0 Å². The highest BCUT2D eigenvalue weighted by Crippen LogP contribution is 2.22. The molecule has 1 aromatic heterocycles. The summed E-state index contributed by atoms with van der Waals surface area (Å²) in [6, 6.07) is 16.4. The van der Waals surface area contributed by atoms with Crippen molar-refractivity contribution in [3.05, 3.63) is 65.8 Å². The van der Waals surface area contributed by atoms with Gasteiger partial charge in [-0.15, -0.1) is 0 Å². The number of rotatable bonds is 2. The number of benzene rings is 2. The van der Waals surface area contributed by atoms with Gasteiger partial charge >= 0.3 is 0 Å². The summed E-state index contributed by atoms with van der Waals surface area (Å²) < 4.78 is 19.8. The number of halogens is 1. The quantitative estimate of drug-likeness (QED) is 0.719. The molecule has 0 N–H and O–H groups in total. The average molecular weight is 337 g/mol. The van der Waals surface area contributed by atoms with E-state index in [1.54, 1.807) is 6.07 Å². The SMILES string of the molecule is CN1CCN(/N=c2/cc(-c3ccccc3)oc3ccc(F)cc23)CC1. The highest BCUT2D eigenvalue weighted by molar-refractivity contribution is 5.78. The molecule has 25 heavy (non-hydrogen) atoms. The lowest BCUT2D eigenvalue weighted by Gasteiger charge is -2.30. The van der Waals surface area contributed by atoms with Crippen LogP contribution in [0.3, 0.4) is 0 Å². The maximum Gasteiger partial charge on any atom is 0.137 e. The molecule has 1 aliphatic heterocycles. The number of fused-ring (bicyclic) bond motifs is 1. The van der Waals surface area contributed by atoms with Crippen LogP contribution in [0.25, 0.3) is 22.3 Å². The minimum absolute atomic E-state index is 0.287. The molecule has 0 bridgehead atoms. The lowest BCUT2D eigenvalue weighted by atomic mass is 10.1. The fourth-order valence-corrected chi connectivity index (χ4v) is 3.02. The number of hydrogen-bond acceptors (Lipinski definition) is 4. The molecule has 0 radical (unpaired) electrons. The Bertz CT molecular complexity index is 944. The van der Waals surface area contributed by atoms with Crippen molar-refractivity contribution in [2.75, 3.05) is 33.2 Å². The highest BCUT2D eigenvalue weighted by Gasteiger charge is 2.13. The Balaban J connectivity index is 1.86. The first kappa shape index (κ1) is 15.8. The van der Waals surface area contributed by atoms with Crippen molar-refractivity contribution in [1.82, 2.24) is 9.91 Å². The summed E-state index contributed by atoms with van der Waals surface area (Å²) in [5, 5.41) is 8.27. The summed E-state index contributed by atoms with van der Waals surface area (Å²) in [5.41, 5.74) is 1.61. The molecule has 128 valence electrons. The molecule has 3 aromatic rings. The summed E-state index contributed by atoms with van der Waals surface area (Å²) in [7, 11) is 2.11. The van der Waals surface area contributed by atoms with Gasteiger partial charge in [-0.05, 0) is 25.2 Å². The first-order valence-corrected chi connectivity index (χ1v) is 8.46. The molecule has 0 unspecified atom stereocenters. The molecule has 0 atom stereocenters. The van der Waals surface area contributed by atoms with E-state index in [-0.39, 0.29) is 5.82 Å². The number of nitrogens with zero attached hydrogens (tertiary/aromatic N) is 3. The van der Waals surface area contributed by atoms with E-state index in [0.29, 0.717) is 11.0 Å². The number of hydrogen-bond donors (Lipinski definition) is 0. The predicted octanol–water partition coefficient (Wildman–Crippen LogP) is 3.30. The van der Waals surface area contributed by atoms with Gasteiger partial charge < -0.3 is 9.32 Å². The zero-order valence-corrected chi connectivity index (χ0v) is 14.2. The number of piperazine rings is 1. The van der Waals surface area contributed by atoms with Crippen LogP contribution in [-0.2, 0) is 0 Å². The Morgan fingerprint density at radius 1 is 0.960 bits per heavy atom. The maximum absolute atomic E-state index is 13.8. The summed E-state index contributed by atoms with van der Waals surface area (Å²) in [5.74, 6) is 0.442. The maximum atomic E-state index is 13.8. The van der Waals surface area contributed by atoms with Gasteiger partial charge in [0.2, 0.25) is 0 Å². The van der Waals surface area contributed by atoms with Crippen molar-refractivity contribution in [3.8, 4) is 11.3 Å². The van der Waals surface area contributed by atoms with Crippen LogP contribution in [0, 0.1) is 5.82 Å². The van der Waals surface area contributed by atoms with Gasteiger partial charge in [-0.3, -0.25) is 5.01 Å². The minimum Gasteiger partial charge on any atom is -0.456 e. The second-order valence-corrected chi connectivity index (χ2v) is 6.36. The van der Waals surface area contributed by atoms with Gasteiger partial charge in [0.15, 0.2) is 0 Å². The van der Waals surface area contributed by atoms with E-state index >= 15 is 0 Å². The lowest BCUT2D eigenvalue weighted by Crippen LogP contribution is -2.42. The van der Waals surface area contributed by atoms with Crippen molar-refractivity contribution < 1.29 is 8.81 Å². The number of likely N-dealkylation sites (N-methyl/N-ethyl adjacent to an activating group) is 1. The van der Waals surface area contributed by atoms with Crippen LogP contribution < -0.4 is 5.36 Å². The monoisotopic (exact) mass is 337 g/mol. The molecule has 0 aliphatic carbocycles. The Kier molecular flexibility index (Phi) is 4.24. The summed E-state index contributed by atoms with van der Waals surface area (Å²) in [6.45, 7) is 3.66. The minimum atomic E-state index is -0.287. The second-order valence-electron chi connectivity index (χ2n) is 6.36. The fraction of sp³-hybridized carbons (Fsp3) is 0.250. The molecule has 5 heteroatoms. The van der Waals surface area contributed by atoms with E-state index in [9.17, 15) is 4.39 Å². The Hall–Kier alpha value is -2.66. The molecular formula is C20H20FN3O. The van der Waals surface area contributed by atoms with Gasteiger partial charge in [-0.2, -0.15) is 5.10 Å². The first-order chi connectivity index (χ1) is 12.2. The summed E-state index contributed by atoms with van der Waals surface area (Å²) in [4.78, 5) is 2.28. The van der Waals surface area contributed by atoms with E-state index in [0.717, 1.165) is 42.9 Å². The highest BCUT2D eigenvalue weighted by atomic mass is 19.1. The smallest absolute Gasteiger partial charge is 0.137 e. The van der Waals surface area contributed by atoms with Crippen LogP contribution in [0.2, 0.25) is 0 Å². The van der Waals surface area contributed by atoms with E-state index in [4.69, 9.17) is 9.52 Å². The molecule has 0 saturated carbocycles. The zero-order chi connectivity index (χ0) is 17.2. The molecule has 4 nitrogen and oxygen atoms in total. The van der Waals surface area contributed by atoms with Gasteiger partial charge in [0, 0.05) is 43.2 Å². The van der Waals surface area contributed by atoms with Crippen LogP contribution in [0.5, 0.6) is 0 Å². The third kappa shape index (κ3) is 3.42. The Morgan fingerprint density at radius 2 is 1.72 bits per heavy atom. The molecule has 2 aromatic carbocycles. The predicted molar refractivity (Wildman–Crippen MR) is 96.2 cm³/mol. The van der Waals surface area contributed by atoms with Crippen molar-refractivity contribution in [2.24, 2.45) is 5.10 Å². The van der Waals surface area contributed by atoms with Gasteiger partial charge in [-0.25, -0.2) is 4.39 Å². The van der Waals surface area contributed by atoms with Crippen LogP contribution in [0.15, 0.2) is 64.1 Å². The van der Waals surface area contributed by atoms with E-state index in [2.05, 4.69) is 17.0 Å². The Morgan fingerprint density at radius 3 is 2.48 bits per heavy atom. The fourth-order valence-electron chi connectivity index (χ4n) is 3.02. The molecule has 0 spiro atoms. The van der Waals surface area contributed by atoms with Crippen molar-refractivity contribution in [1.29, 1.82) is 0 Å². The standard InChI is InChI=1S/C20H20FN3O/c1-23-9-11-24(12-10-23)22-18-14-20(15-5-3-2-4-6-15)25-19-8-7-16(21)13-17(18)19/h2-8,13-14H,9-12H2,1H3/b22-18-.